The molecule has 0 radical (unpaired) electrons. The Kier molecular flexibility index (Phi) is 7.69. The zero-order valence-corrected chi connectivity index (χ0v) is 12.3. The van der Waals surface area contributed by atoms with Crippen LogP contribution in [-0.4, -0.2) is 25.8 Å². The molecule has 1 rings (SSSR count). The van der Waals surface area contributed by atoms with Crippen molar-refractivity contribution in [2.24, 2.45) is 5.73 Å². The normalized spacial score (nSPS) is 11.9. The number of ether oxygens (including phenoxy) is 1. The standard InChI is InChI=1S/C15H25N3O2/c1-3-4-9-20-10-8-17-15(19)18-14-7-5-6-13(11-14)12(2)16/h5-7,11-12H,3-4,8-10,16H2,1-2H3,(H2,17,18,19). The monoisotopic (exact) mass is 279 g/mol. The number of nitrogens with two attached hydrogens (primary N) is 1. The molecule has 0 spiro atoms. The van der Waals surface area contributed by atoms with Gasteiger partial charge < -0.3 is 21.1 Å². The van der Waals surface area contributed by atoms with Crippen molar-refractivity contribution in [2.75, 3.05) is 25.1 Å². The van der Waals surface area contributed by atoms with Crippen molar-refractivity contribution in [1.82, 2.24) is 5.32 Å². The number of amides is 2. The minimum Gasteiger partial charge on any atom is -0.380 e. The van der Waals surface area contributed by atoms with Crippen LogP contribution in [0, 0.1) is 0 Å². The molecule has 0 aliphatic rings. The average molecular weight is 279 g/mol. The van der Waals surface area contributed by atoms with Gasteiger partial charge in [-0.1, -0.05) is 25.5 Å². The van der Waals surface area contributed by atoms with E-state index in [2.05, 4.69) is 17.6 Å². The molecule has 1 unspecified atom stereocenters. The number of nitrogens with one attached hydrogen (secondary N) is 2. The fourth-order valence-corrected chi connectivity index (χ4v) is 1.66. The van der Waals surface area contributed by atoms with E-state index >= 15 is 0 Å². The third-order valence-electron chi connectivity index (χ3n) is 2.84. The maximum absolute atomic E-state index is 11.7. The Morgan fingerprint density at radius 1 is 1.40 bits per heavy atom. The highest BCUT2D eigenvalue weighted by molar-refractivity contribution is 5.89. The van der Waals surface area contributed by atoms with Crippen molar-refractivity contribution in [1.29, 1.82) is 0 Å². The average Bonchev–Trinajstić information content (AvgIpc) is 2.43. The van der Waals surface area contributed by atoms with Crippen LogP contribution in [0.4, 0.5) is 10.5 Å². The van der Waals surface area contributed by atoms with Crippen LogP contribution in [0.3, 0.4) is 0 Å². The van der Waals surface area contributed by atoms with E-state index in [9.17, 15) is 4.79 Å². The van der Waals surface area contributed by atoms with Crippen molar-refractivity contribution in [2.45, 2.75) is 32.7 Å². The summed E-state index contributed by atoms with van der Waals surface area (Å²) in [5, 5.41) is 5.53. The molecule has 5 nitrogen and oxygen atoms in total. The minimum atomic E-state index is -0.231. The molecule has 20 heavy (non-hydrogen) atoms. The summed E-state index contributed by atoms with van der Waals surface area (Å²) < 4.78 is 5.37. The lowest BCUT2D eigenvalue weighted by Crippen LogP contribution is -2.31. The van der Waals surface area contributed by atoms with Gasteiger partial charge in [0.2, 0.25) is 0 Å². The van der Waals surface area contributed by atoms with E-state index in [4.69, 9.17) is 10.5 Å². The number of anilines is 1. The predicted octanol–water partition coefficient (Wildman–Crippen LogP) is 2.64. The number of benzene rings is 1. The molecule has 5 heteroatoms. The molecular weight excluding hydrogens is 254 g/mol. The van der Waals surface area contributed by atoms with Gasteiger partial charge in [-0.3, -0.25) is 0 Å². The van der Waals surface area contributed by atoms with Crippen LogP contribution in [0.15, 0.2) is 24.3 Å². The summed E-state index contributed by atoms with van der Waals surface area (Å²) in [6.07, 6.45) is 2.17. The van der Waals surface area contributed by atoms with Gasteiger partial charge in [-0.25, -0.2) is 4.79 Å². The number of hydrogen-bond acceptors (Lipinski definition) is 3. The summed E-state index contributed by atoms with van der Waals surface area (Å²) in [6.45, 7) is 5.81. The Labute approximate surface area is 120 Å². The fourth-order valence-electron chi connectivity index (χ4n) is 1.66. The van der Waals surface area contributed by atoms with Crippen molar-refractivity contribution in [3.8, 4) is 0 Å². The number of rotatable bonds is 8. The highest BCUT2D eigenvalue weighted by Crippen LogP contribution is 2.15. The molecule has 0 aromatic heterocycles. The van der Waals surface area contributed by atoms with E-state index in [1.807, 2.05) is 31.2 Å². The summed E-state index contributed by atoms with van der Waals surface area (Å²) in [4.78, 5) is 11.7. The molecule has 0 saturated heterocycles. The van der Waals surface area contributed by atoms with Crippen LogP contribution in [0.1, 0.15) is 38.3 Å². The van der Waals surface area contributed by atoms with E-state index < -0.39 is 0 Å². The maximum Gasteiger partial charge on any atom is 0.319 e. The molecule has 0 saturated carbocycles. The van der Waals surface area contributed by atoms with Crippen LogP contribution < -0.4 is 16.4 Å². The molecule has 112 valence electrons. The van der Waals surface area contributed by atoms with Gasteiger partial charge in [0.1, 0.15) is 0 Å². The molecule has 0 bridgehead atoms. The van der Waals surface area contributed by atoms with Gasteiger partial charge in [-0.2, -0.15) is 0 Å². The van der Waals surface area contributed by atoms with Crippen molar-refractivity contribution in [3.05, 3.63) is 29.8 Å². The summed E-state index contributed by atoms with van der Waals surface area (Å²) >= 11 is 0. The molecule has 1 aromatic rings. The molecule has 4 N–H and O–H groups in total. The summed E-state index contributed by atoms with van der Waals surface area (Å²) in [6, 6.07) is 7.25. The molecular formula is C15H25N3O2. The summed E-state index contributed by atoms with van der Waals surface area (Å²) in [5.74, 6) is 0. The fraction of sp³-hybridized carbons (Fsp3) is 0.533. The van der Waals surface area contributed by atoms with Gasteiger partial charge in [0.25, 0.3) is 0 Å². The Morgan fingerprint density at radius 3 is 2.90 bits per heavy atom. The first kappa shape index (κ1) is 16.5. The first-order valence-electron chi connectivity index (χ1n) is 7.11. The summed E-state index contributed by atoms with van der Waals surface area (Å²) in [7, 11) is 0. The number of hydrogen-bond donors (Lipinski definition) is 3. The first-order chi connectivity index (χ1) is 9.63. The third kappa shape index (κ3) is 6.54. The quantitative estimate of drug-likeness (QED) is 0.640. The zero-order chi connectivity index (χ0) is 14.8. The first-order valence-corrected chi connectivity index (χ1v) is 7.11. The lowest BCUT2D eigenvalue weighted by molar-refractivity contribution is 0.134. The molecule has 1 aromatic carbocycles. The Hall–Kier alpha value is -1.59. The number of unbranched alkanes of at least 4 members (excludes halogenated alkanes) is 1. The maximum atomic E-state index is 11.7. The Bertz CT molecular complexity index is 408. The Morgan fingerprint density at radius 2 is 2.20 bits per heavy atom. The van der Waals surface area contributed by atoms with Crippen molar-refractivity contribution in [3.63, 3.8) is 0 Å². The van der Waals surface area contributed by atoms with E-state index in [1.54, 1.807) is 0 Å². The van der Waals surface area contributed by atoms with Gasteiger partial charge in [-0.15, -0.1) is 0 Å². The number of carbonyl (C=O) groups is 1. The van der Waals surface area contributed by atoms with Gasteiger partial charge in [0.15, 0.2) is 0 Å². The van der Waals surface area contributed by atoms with E-state index in [1.165, 1.54) is 0 Å². The number of urea groups is 1. The second kappa shape index (κ2) is 9.34. The van der Waals surface area contributed by atoms with Gasteiger partial charge in [0.05, 0.1) is 6.61 Å². The zero-order valence-electron chi connectivity index (χ0n) is 12.3. The Balaban J connectivity index is 2.26. The van der Waals surface area contributed by atoms with Gasteiger partial charge in [-0.05, 0) is 31.0 Å². The van der Waals surface area contributed by atoms with E-state index in [0.29, 0.717) is 13.2 Å². The smallest absolute Gasteiger partial charge is 0.319 e. The van der Waals surface area contributed by atoms with Crippen molar-refractivity contribution >= 4 is 11.7 Å². The lowest BCUT2D eigenvalue weighted by atomic mass is 10.1. The highest BCUT2D eigenvalue weighted by atomic mass is 16.5. The molecule has 1 atom stereocenters. The van der Waals surface area contributed by atoms with Crippen molar-refractivity contribution < 1.29 is 9.53 Å². The van der Waals surface area contributed by atoms with E-state index in [-0.39, 0.29) is 12.1 Å². The van der Waals surface area contributed by atoms with Crippen LogP contribution in [-0.2, 0) is 4.74 Å². The highest BCUT2D eigenvalue weighted by Gasteiger charge is 2.03. The molecule has 0 aliphatic heterocycles. The molecule has 2 amide bonds. The van der Waals surface area contributed by atoms with Crippen LogP contribution in [0.5, 0.6) is 0 Å². The molecule has 0 aliphatic carbocycles. The SMILES string of the molecule is CCCCOCCNC(=O)Nc1cccc(C(C)N)c1. The van der Waals surface area contributed by atoms with Crippen LogP contribution in [0.2, 0.25) is 0 Å². The third-order valence-corrected chi connectivity index (χ3v) is 2.84. The second-order valence-corrected chi connectivity index (χ2v) is 4.76. The predicted molar refractivity (Wildman–Crippen MR) is 81.8 cm³/mol. The van der Waals surface area contributed by atoms with Crippen LogP contribution >= 0.6 is 0 Å². The minimum absolute atomic E-state index is 0.0493. The summed E-state index contributed by atoms with van der Waals surface area (Å²) in [5.41, 5.74) is 7.54. The van der Waals surface area contributed by atoms with E-state index in [0.717, 1.165) is 30.7 Å². The number of carbonyl (C=O) groups excluding carboxylic acids is 1. The van der Waals surface area contributed by atoms with Gasteiger partial charge >= 0.3 is 6.03 Å². The van der Waals surface area contributed by atoms with Crippen LogP contribution in [0.25, 0.3) is 0 Å². The van der Waals surface area contributed by atoms with Gasteiger partial charge in [0, 0.05) is 24.9 Å². The second-order valence-electron chi connectivity index (χ2n) is 4.76. The topological polar surface area (TPSA) is 76.4 Å². The molecule has 0 fully saturated rings. The lowest BCUT2D eigenvalue weighted by Gasteiger charge is -2.10. The largest absolute Gasteiger partial charge is 0.380 e. The molecule has 0 heterocycles.